The van der Waals surface area contributed by atoms with Crippen molar-refractivity contribution in [3.63, 3.8) is 0 Å². The van der Waals surface area contributed by atoms with Gasteiger partial charge in [-0.25, -0.2) is 8.42 Å². The van der Waals surface area contributed by atoms with Gasteiger partial charge in [-0.15, -0.1) is 11.6 Å². The van der Waals surface area contributed by atoms with Crippen LogP contribution in [0.25, 0.3) is 0 Å². The topological polar surface area (TPSA) is 63.7 Å². The number of hydrogen-bond donors (Lipinski definition) is 0. The van der Waals surface area contributed by atoms with E-state index in [4.69, 9.17) is 16.3 Å². The van der Waals surface area contributed by atoms with Crippen molar-refractivity contribution in [2.45, 2.75) is 43.1 Å². The second kappa shape index (κ2) is 5.51. The first-order valence-corrected chi connectivity index (χ1v) is 8.75. The van der Waals surface area contributed by atoms with E-state index in [1.54, 1.807) is 45.0 Å². The van der Waals surface area contributed by atoms with E-state index in [1.807, 2.05) is 6.92 Å². The maximum Gasteiger partial charge on any atom is 0.330 e. The van der Waals surface area contributed by atoms with Crippen LogP contribution in [0.2, 0.25) is 0 Å². The Morgan fingerprint density at radius 1 is 1.23 bits per heavy atom. The van der Waals surface area contributed by atoms with Crippen molar-refractivity contribution in [3.8, 4) is 0 Å². The number of carbonyl (C=O) groups excluding carboxylic acids is 1. The summed E-state index contributed by atoms with van der Waals surface area (Å²) in [7, 11) is -3.63. The Morgan fingerprint density at radius 2 is 1.73 bits per heavy atom. The van der Waals surface area contributed by atoms with Crippen LogP contribution < -0.4 is 0 Å². The number of aryl methyl sites for hydroxylation is 1. The molecule has 1 saturated heterocycles. The van der Waals surface area contributed by atoms with Crippen LogP contribution in [-0.2, 0) is 19.6 Å². The molecular formula is C15H20ClNO4S. The van der Waals surface area contributed by atoms with Crippen LogP contribution in [0.4, 0.5) is 0 Å². The van der Waals surface area contributed by atoms with Crippen LogP contribution in [0.15, 0.2) is 29.2 Å². The number of rotatable bonds is 3. The van der Waals surface area contributed by atoms with Gasteiger partial charge in [0.05, 0.1) is 4.90 Å². The molecule has 122 valence electrons. The van der Waals surface area contributed by atoms with Crippen molar-refractivity contribution < 1.29 is 17.9 Å². The van der Waals surface area contributed by atoms with Crippen molar-refractivity contribution >= 4 is 27.6 Å². The van der Waals surface area contributed by atoms with Gasteiger partial charge in [0.15, 0.2) is 4.87 Å². The Balaban J connectivity index is 2.09. The van der Waals surface area contributed by atoms with Crippen molar-refractivity contribution in [2.24, 2.45) is 0 Å². The van der Waals surface area contributed by atoms with Gasteiger partial charge in [0.2, 0.25) is 10.0 Å². The SMILES string of the molecule is Cc1ccc(S(=O)(=O)N2CC(Cl)(C(=O)OC(C)(C)C)C2)cc1. The van der Waals surface area contributed by atoms with Crippen LogP contribution in [0, 0.1) is 6.92 Å². The third-order valence-electron chi connectivity index (χ3n) is 3.28. The maximum atomic E-state index is 12.4. The Hall–Kier alpha value is -1.11. The molecule has 0 spiro atoms. The van der Waals surface area contributed by atoms with Gasteiger partial charge in [-0.05, 0) is 39.8 Å². The molecule has 0 N–H and O–H groups in total. The summed E-state index contributed by atoms with van der Waals surface area (Å²) in [6.45, 7) is 6.94. The lowest BCUT2D eigenvalue weighted by molar-refractivity contribution is -0.161. The summed E-state index contributed by atoms with van der Waals surface area (Å²) < 4.78 is 31.3. The molecule has 1 aliphatic heterocycles. The minimum atomic E-state index is -3.63. The second-order valence-corrected chi connectivity index (χ2v) is 9.21. The quantitative estimate of drug-likeness (QED) is 0.623. The van der Waals surface area contributed by atoms with Gasteiger partial charge in [0.1, 0.15) is 5.60 Å². The zero-order chi connectivity index (χ0) is 16.8. The first-order valence-electron chi connectivity index (χ1n) is 6.93. The second-order valence-electron chi connectivity index (χ2n) is 6.55. The highest BCUT2D eigenvalue weighted by atomic mass is 35.5. The number of hydrogen-bond acceptors (Lipinski definition) is 4. The summed E-state index contributed by atoms with van der Waals surface area (Å²) in [5.74, 6) is -0.586. The summed E-state index contributed by atoms with van der Waals surface area (Å²) in [4.78, 5) is 10.9. The molecule has 7 heteroatoms. The van der Waals surface area contributed by atoms with Crippen LogP contribution in [0.3, 0.4) is 0 Å². The van der Waals surface area contributed by atoms with E-state index in [9.17, 15) is 13.2 Å². The lowest BCUT2D eigenvalue weighted by Crippen LogP contribution is -2.65. The maximum absolute atomic E-state index is 12.4. The van der Waals surface area contributed by atoms with Gasteiger partial charge in [0.25, 0.3) is 0 Å². The van der Waals surface area contributed by atoms with E-state index in [1.165, 1.54) is 4.31 Å². The van der Waals surface area contributed by atoms with Crippen LogP contribution in [0.5, 0.6) is 0 Å². The molecule has 1 fully saturated rings. The molecule has 0 aliphatic carbocycles. The lowest BCUT2D eigenvalue weighted by atomic mass is 10.0. The third kappa shape index (κ3) is 3.45. The molecule has 0 saturated carbocycles. The monoisotopic (exact) mass is 345 g/mol. The van der Waals surface area contributed by atoms with E-state index in [0.29, 0.717) is 0 Å². The molecule has 1 heterocycles. The number of benzene rings is 1. The largest absolute Gasteiger partial charge is 0.459 e. The predicted molar refractivity (Wildman–Crippen MR) is 84.4 cm³/mol. The average Bonchev–Trinajstić information content (AvgIpc) is 2.33. The average molecular weight is 346 g/mol. The Kier molecular flexibility index (Phi) is 4.32. The number of alkyl halides is 1. The van der Waals surface area contributed by atoms with Crippen molar-refractivity contribution in [3.05, 3.63) is 29.8 Å². The van der Waals surface area contributed by atoms with Gasteiger partial charge in [-0.2, -0.15) is 4.31 Å². The molecule has 0 bridgehead atoms. The first-order chi connectivity index (χ1) is 9.94. The minimum absolute atomic E-state index is 0.0837. The van der Waals surface area contributed by atoms with Crippen LogP contribution >= 0.6 is 11.6 Å². The summed E-state index contributed by atoms with van der Waals surface area (Å²) in [6.07, 6.45) is 0. The summed E-state index contributed by atoms with van der Waals surface area (Å²) >= 11 is 6.20. The molecule has 1 aliphatic rings. The highest BCUT2D eigenvalue weighted by Crippen LogP contribution is 2.35. The molecule has 0 atom stereocenters. The normalized spacial score (nSPS) is 18.6. The van der Waals surface area contributed by atoms with E-state index < -0.39 is 26.5 Å². The van der Waals surface area contributed by atoms with E-state index in [0.717, 1.165) is 5.56 Å². The van der Waals surface area contributed by atoms with Gasteiger partial charge < -0.3 is 4.74 Å². The summed E-state index contributed by atoms with van der Waals surface area (Å²) in [5, 5.41) is 0. The van der Waals surface area contributed by atoms with Gasteiger partial charge in [-0.1, -0.05) is 17.7 Å². The number of nitrogens with zero attached hydrogens (tertiary/aromatic N) is 1. The Morgan fingerprint density at radius 3 is 2.18 bits per heavy atom. The molecule has 2 rings (SSSR count). The number of ether oxygens (including phenoxy) is 1. The molecule has 1 aromatic rings. The molecule has 0 amide bonds. The van der Waals surface area contributed by atoms with Crippen molar-refractivity contribution in [1.29, 1.82) is 0 Å². The van der Waals surface area contributed by atoms with E-state index in [-0.39, 0.29) is 18.0 Å². The highest BCUT2D eigenvalue weighted by molar-refractivity contribution is 7.89. The van der Waals surface area contributed by atoms with Crippen molar-refractivity contribution in [2.75, 3.05) is 13.1 Å². The van der Waals surface area contributed by atoms with E-state index in [2.05, 4.69) is 0 Å². The molecule has 0 unspecified atom stereocenters. The lowest BCUT2D eigenvalue weighted by Gasteiger charge is -2.43. The number of carbonyl (C=O) groups is 1. The summed E-state index contributed by atoms with van der Waals surface area (Å²) in [5.41, 5.74) is 0.317. The fraction of sp³-hybridized carbons (Fsp3) is 0.533. The molecule has 1 aromatic carbocycles. The highest BCUT2D eigenvalue weighted by Gasteiger charge is 2.54. The molecule has 0 radical (unpaired) electrons. The van der Waals surface area contributed by atoms with Crippen LogP contribution in [0.1, 0.15) is 26.3 Å². The van der Waals surface area contributed by atoms with Gasteiger partial charge in [-0.3, -0.25) is 4.79 Å². The van der Waals surface area contributed by atoms with Crippen LogP contribution in [-0.4, -0.2) is 42.3 Å². The number of sulfonamides is 1. The fourth-order valence-electron chi connectivity index (χ4n) is 2.04. The zero-order valence-corrected chi connectivity index (χ0v) is 14.7. The van der Waals surface area contributed by atoms with Gasteiger partial charge in [0, 0.05) is 13.1 Å². The molecule has 0 aromatic heterocycles. The number of esters is 1. The number of halogens is 1. The smallest absolute Gasteiger partial charge is 0.330 e. The first kappa shape index (κ1) is 17.2. The van der Waals surface area contributed by atoms with E-state index >= 15 is 0 Å². The Labute approximate surface area is 136 Å². The minimum Gasteiger partial charge on any atom is -0.459 e. The third-order valence-corrected chi connectivity index (χ3v) is 5.48. The molecule has 5 nitrogen and oxygen atoms in total. The molecular weight excluding hydrogens is 326 g/mol. The Bertz CT molecular complexity index is 670. The van der Waals surface area contributed by atoms with Gasteiger partial charge >= 0.3 is 5.97 Å². The molecule has 22 heavy (non-hydrogen) atoms. The zero-order valence-electron chi connectivity index (χ0n) is 13.1. The summed E-state index contributed by atoms with van der Waals surface area (Å²) in [6, 6.07) is 6.56. The predicted octanol–water partition coefficient (Wildman–Crippen LogP) is 2.32. The van der Waals surface area contributed by atoms with Crippen molar-refractivity contribution in [1.82, 2.24) is 4.31 Å². The standard InChI is InChI=1S/C15H20ClNO4S/c1-11-5-7-12(8-6-11)22(19,20)17-9-15(16,10-17)13(18)21-14(2,3)4/h5-8H,9-10H2,1-4H3. The fourth-order valence-corrected chi connectivity index (χ4v) is 4.07.